The predicted octanol–water partition coefficient (Wildman–Crippen LogP) is 3.03. The summed E-state index contributed by atoms with van der Waals surface area (Å²) >= 11 is 0. The number of nitrogen functional groups attached to an aromatic ring is 1. The third kappa shape index (κ3) is 3.17. The van der Waals surface area contributed by atoms with Crippen LogP contribution in [-0.2, 0) is 6.18 Å². The second-order valence-electron chi connectivity index (χ2n) is 5.13. The summed E-state index contributed by atoms with van der Waals surface area (Å²) in [7, 11) is 0. The average molecular weight is 288 g/mol. The first kappa shape index (κ1) is 15.0. The molecule has 20 heavy (non-hydrogen) atoms. The van der Waals surface area contributed by atoms with E-state index in [1.807, 2.05) is 0 Å². The highest BCUT2D eigenvalue weighted by Gasteiger charge is 2.36. The fourth-order valence-electron chi connectivity index (χ4n) is 2.80. The van der Waals surface area contributed by atoms with Crippen molar-refractivity contribution < 1.29 is 18.3 Å². The SMILES string of the molecule is Nc1ccc(N2CCCCC2CCO)c(C(F)(F)F)c1. The molecule has 3 N–H and O–H groups in total. The molecule has 1 fully saturated rings. The van der Waals surface area contributed by atoms with E-state index >= 15 is 0 Å². The minimum Gasteiger partial charge on any atom is -0.399 e. The Labute approximate surface area is 116 Å². The molecule has 1 aliphatic rings. The van der Waals surface area contributed by atoms with E-state index in [1.54, 1.807) is 4.90 Å². The van der Waals surface area contributed by atoms with Crippen LogP contribution < -0.4 is 10.6 Å². The summed E-state index contributed by atoms with van der Waals surface area (Å²) in [4.78, 5) is 1.77. The van der Waals surface area contributed by atoms with Crippen molar-refractivity contribution in [3.63, 3.8) is 0 Å². The lowest BCUT2D eigenvalue weighted by Gasteiger charge is -2.38. The van der Waals surface area contributed by atoms with Crippen LogP contribution in [0.5, 0.6) is 0 Å². The number of hydrogen-bond donors (Lipinski definition) is 2. The van der Waals surface area contributed by atoms with Crippen LogP contribution in [0.1, 0.15) is 31.2 Å². The Hall–Kier alpha value is -1.43. The molecule has 6 heteroatoms. The highest BCUT2D eigenvalue weighted by molar-refractivity contribution is 5.61. The summed E-state index contributed by atoms with van der Waals surface area (Å²) in [5.41, 5.74) is 5.08. The lowest BCUT2D eigenvalue weighted by atomic mass is 9.97. The highest BCUT2D eigenvalue weighted by Crippen LogP contribution is 2.40. The quantitative estimate of drug-likeness (QED) is 0.841. The van der Waals surface area contributed by atoms with Crippen molar-refractivity contribution >= 4 is 11.4 Å². The third-order valence-corrected chi connectivity index (χ3v) is 3.72. The molecule has 1 heterocycles. The van der Waals surface area contributed by atoms with Crippen LogP contribution in [0.2, 0.25) is 0 Å². The van der Waals surface area contributed by atoms with Gasteiger partial charge in [-0.05, 0) is 43.9 Å². The fraction of sp³-hybridized carbons (Fsp3) is 0.571. The number of rotatable bonds is 3. The second-order valence-corrected chi connectivity index (χ2v) is 5.13. The number of nitrogens with two attached hydrogens (primary N) is 1. The smallest absolute Gasteiger partial charge is 0.399 e. The summed E-state index contributed by atoms with van der Waals surface area (Å²) in [6.07, 6.45) is -1.28. The van der Waals surface area contributed by atoms with Crippen molar-refractivity contribution in [3.05, 3.63) is 23.8 Å². The number of piperidine rings is 1. The Morgan fingerprint density at radius 3 is 2.70 bits per heavy atom. The van der Waals surface area contributed by atoms with Gasteiger partial charge in [0, 0.05) is 30.6 Å². The largest absolute Gasteiger partial charge is 0.418 e. The lowest BCUT2D eigenvalue weighted by molar-refractivity contribution is -0.137. The van der Waals surface area contributed by atoms with Gasteiger partial charge >= 0.3 is 6.18 Å². The first-order chi connectivity index (χ1) is 9.43. The number of halogens is 3. The van der Waals surface area contributed by atoms with Gasteiger partial charge in [-0.1, -0.05) is 0 Å². The number of alkyl halides is 3. The van der Waals surface area contributed by atoms with E-state index in [9.17, 15) is 13.2 Å². The van der Waals surface area contributed by atoms with E-state index in [1.165, 1.54) is 12.1 Å². The maximum atomic E-state index is 13.2. The number of aliphatic hydroxyl groups is 1. The Bertz CT molecular complexity index is 460. The Morgan fingerprint density at radius 1 is 1.30 bits per heavy atom. The van der Waals surface area contributed by atoms with Crippen LogP contribution in [0.4, 0.5) is 24.5 Å². The van der Waals surface area contributed by atoms with E-state index < -0.39 is 11.7 Å². The normalized spacial score (nSPS) is 20.2. The number of aliphatic hydroxyl groups excluding tert-OH is 1. The zero-order chi connectivity index (χ0) is 14.8. The third-order valence-electron chi connectivity index (χ3n) is 3.72. The van der Waals surface area contributed by atoms with Gasteiger partial charge in [-0.2, -0.15) is 13.2 Å². The Kier molecular flexibility index (Phi) is 4.42. The van der Waals surface area contributed by atoms with Gasteiger partial charge in [0.05, 0.1) is 5.56 Å². The minimum atomic E-state index is -4.42. The minimum absolute atomic E-state index is 0.0164. The molecule has 112 valence electrons. The van der Waals surface area contributed by atoms with Gasteiger partial charge in [0.25, 0.3) is 0 Å². The molecule has 1 unspecified atom stereocenters. The van der Waals surface area contributed by atoms with Crippen molar-refractivity contribution in [2.45, 2.75) is 37.9 Å². The molecule has 0 saturated carbocycles. The molecule has 1 aromatic rings. The second kappa shape index (κ2) is 5.91. The van der Waals surface area contributed by atoms with Gasteiger partial charge in [-0.25, -0.2) is 0 Å². The van der Waals surface area contributed by atoms with Gasteiger partial charge in [-0.3, -0.25) is 0 Å². The summed E-state index contributed by atoms with van der Waals surface area (Å²) in [6.45, 7) is 0.565. The average Bonchev–Trinajstić information content (AvgIpc) is 2.39. The summed E-state index contributed by atoms with van der Waals surface area (Å²) < 4.78 is 39.5. The van der Waals surface area contributed by atoms with Crippen LogP contribution in [0.15, 0.2) is 18.2 Å². The molecule has 1 aromatic carbocycles. The number of nitrogens with zero attached hydrogens (tertiary/aromatic N) is 1. The van der Waals surface area contributed by atoms with Crippen molar-refractivity contribution in [1.82, 2.24) is 0 Å². The van der Waals surface area contributed by atoms with E-state index in [0.717, 1.165) is 25.3 Å². The molecular weight excluding hydrogens is 269 g/mol. The van der Waals surface area contributed by atoms with Gasteiger partial charge in [0.2, 0.25) is 0 Å². The van der Waals surface area contributed by atoms with E-state index in [0.29, 0.717) is 13.0 Å². The zero-order valence-electron chi connectivity index (χ0n) is 11.2. The standard InChI is InChI=1S/C14H19F3N2O/c15-14(16,17)12-9-10(18)4-5-13(12)19-7-2-1-3-11(19)6-8-20/h4-5,9,11,20H,1-3,6-8,18H2. The van der Waals surface area contributed by atoms with Crippen LogP contribution in [0.25, 0.3) is 0 Å². The molecule has 1 saturated heterocycles. The number of anilines is 2. The van der Waals surface area contributed by atoms with Crippen LogP contribution in [0, 0.1) is 0 Å². The predicted molar refractivity (Wildman–Crippen MR) is 72.5 cm³/mol. The van der Waals surface area contributed by atoms with Gasteiger partial charge in [-0.15, -0.1) is 0 Å². The molecule has 0 spiro atoms. The first-order valence-electron chi connectivity index (χ1n) is 6.77. The van der Waals surface area contributed by atoms with E-state index in [2.05, 4.69) is 0 Å². The van der Waals surface area contributed by atoms with Crippen LogP contribution >= 0.6 is 0 Å². The maximum absolute atomic E-state index is 13.2. The monoisotopic (exact) mass is 288 g/mol. The molecule has 0 aromatic heterocycles. The molecule has 0 amide bonds. The van der Waals surface area contributed by atoms with E-state index in [4.69, 9.17) is 10.8 Å². The van der Waals surface area contributed by atoms with E-state index in [-0.39, 0.29) is 24.0 Å². The van der Waals surface area contributed by atoms with Crippen molar-refractivity contribution in [3.8, 4) is 0 Å². The molecule has 0 bridgehead atoms. The van der Waals surface area contributed by atoms with Gasteiger partial charge < -0.3 is 15.7 Å². The van der Waals surface area contributed by atoms with Crippen molar-refractivity contribution in [2.75, 3.05) is 23.8 Å². The maximum Gasteiger partial charge on any atom is 0.418 e. The number of hydrogen-bond acceptors (Lipinski definition) is 3. The Morgan fingerprint density at radius 2 is 2.05 bits per heavy atom. The fourth-order valence-corrected chi connectivity index (χ4v) is 2.80. The molecular formula is C14H19F3N2O. The lowest BCUT2D eigenvalue weighted by Crippen LogP contribution is -2.41. The summed E-state index contributed by atoms with van der Waals surface area (Å²) in [5, 5.41) is 9.09. The topological polar surface area (TPSA) is 49.5 Å². The van der Waals surface area contributed by atoms with Crippen molar-refractivity contribution in [2.24, 2.45) is 0 Å². The summed E-state index contributed by atoms with van der Waals surface area (Å²) in [6, 6.07) is 3.88. The van der Waals surface area contributed by atoms with Gasteiger partial charge in [0.1, 0.15) is 0 Å². The summed E-state index contributed by atoms with van der Waals surface area (Å²) in [5.74, 6) is 0. The van der Waals surface area contributed by atoms with Crippen LogP contribution in [0.3, 0.4) is 0 Å². The van der Waals surface area contributed by atoms with Crippen molar-refractivity contribution in [1.29, 1.82) is 0 Å². The molecule has 0 aliphatic carbocycles. The first-order valence-corrected chi connectivity index (χ1v) is 6.77. The molecule has 2 rings (SSSR count). The molecule has 1 atom stereocenters. The zero-order valence-corrected chi connectivity index (χ0v) is 11.2. The Balaban J connectivity index is 2.39. The number of benzene rings is 1. The molecule has 3 nitrogen and oxygen atoms in total. The van der Waals surface area contributed by atoms with Crippen LogP contribution in [-0.4, -0.2) is 24.3 Å². The molecule has 0 radical (unpaired) electrons. The highest BCUT2D eigenvalue weighted by atomic mass is 19.4. The molecule has 1 aliphatic heterocycles. The van der Waals surface area contributed by atoms with Gasteiger partial charge in [0.15, 0.2) is 0 Å².